The smallest absolute Gasteiger partial charge is 0.412 e. The third-order valence-electron chi connectivity index (χ3n) is 2.96. The first kappa shape index (κ1) is 16.6. The SMILES string of the molecule is Cn1cccc1C(=O)Nc1ccc(NC(=O)OC(C)(C)C)cc1. The van der Waals surface area contributed by atoms with Crippen molar-refractivity contribution in [3.8, 4) is 0 Å². The van der Waals surface area contributed by atoms with Crippen LogP contribution in [0.4, 0.5) is 16.2 Å². The maximum atomic E-state index is 12.1. The van der Waals surface area contributed by atoms with E-state index in [1.807, 2.05) is 19.3 Å². The van der Waals surface area contributed by atoms with Gasteiger partial charge in [-0.15, -0.1) is 0 Å². The van der Waals surface area contributed by atoms with Crippen LogP contribution in [0.1, 0.15) is 31.3 Å². The topological polar surface area (TPSA) is 72.4 Å². The van der Waals surface area contributed by atoms with Gasteiger partial charge in [-0.05, 0) is 57.2 Å². The molecule has 0 saturated heterocycles. The number of aromatic nitrogens is 1. The lowest BCUT2D eigenvalue weighted by Crippen LogP contribution is -2.27. The van der Waals surface area contributed by atoms with E-state index in [1.165, 1.54) is 0 Å². The number of nitrogens with zero attached hydrogens (tertiary/aromatic N) is 1. The standard InChI is InChI=1S/C17H21N3O3/c1-17(2,3)23-16(22)19-13-9-7-12(8-10-13)18-15(21)14-6-5-11-20(14)4/h5-11H,1-4H3,(H,18,21)(H,19,22). The number of hydrogen-bond acceptors (Lipinski definition) is 3. The Morgan fingerprint density at radius 2 is 1.57 bits per heavy atom. The molecular formula is C17H21N3O3. The molecular weight excluding hydrogens is 294 g/mol. The second kappa shape index (κ2) is 6.56. The second-order valence-electron chi connectivity index (χ2n) is 6.16. The number of benzene rings is 1. The molecule has 0 saturated carbocycles. The molecule has 2 amide bonds. The molecule has 0 aliphatic carbocycles. The van der Waals surface area contributed by atoms with Gasteiger partial charge in [0, 0.05) is 24.6 Å². The number of carbonyl (C=O) groups is 2. The molecule has 2 N–H and O–H groups in total. The summed E-state index contributed by atoms with van der Waals surface area (Å²) in [5, 5.41) is 5.44. The van der Waals surface area contributed by atoms with Crippen LogP contribution in [-0.4, -0.2) is 22.2 Å². The van der Waals surface area contributed by atoms with Crippen LogP contribution in [0.2, 0.25) is 0 Å². The summed E-state index contributed by atoms with van der Waals surface area (Å²) in [6, 6.07) is 10.4. The molecule has 0 fully saturated rings. The van der Waals surface area contributed by atoms with E-state index >= 15 is 0 Å². The van der Waals surface area contributed by atoms with Crippen molar-refractivity contribution < 1.29 is 14.3 Å². The van der Waals surface area contributed by atoms with E-state index in [0.29, 0.717) is 17.1 Å². The lowest BCUT2D eigenvalue weighted by molar-refractivity contribution is 0.0635. The van der Waals surface area contributed by atoms with Crippen molar-refractivity contribution in [2.24, 2.45) is 7.05 Å². The van der Waals surface area contributed by atoms with E-state index in [-0.39, 0.29) is 5.91 Å². The van der Waals surface area contributed by atoms with Crippen LogP contribution in [-0.2, 0) is 11.8 Å². The van der Waals surface area contributed by atoms with Gasteiger partial charge in [-0.2, -0.15) is 0 Å². The average molecular weight is 315 g/mol. The molecule has 0 radical (unpaired) electrons. The molecule has 0 aliphatic heterocycles. The van der Waals surface area contributed by atoms with Crippen LogP contribution >= 0.6 is 0 Å². The maximum absolute atomic E-state index is 12.1. The number of carbonyl (C=O) groups excluding carboxylic acids is 2. The Bertz CT molecular complexity index is 697. The zero-order valence-electron chi connectivity index (χ0n) is 13.7. The van der Waals surface area contributed by atoms with Crippen molar-refractivity contribution in [2.45, 2.75) is 26.4 Å². The number of anilines is 2. The highest BCUT2D eigenvalue weighted by atomic mass is 16.6. The number of aryl methyl sites for hydroxylation is 1. The monoisotopic (exact) mass is 315 g/mol. The van der Waals surface area contributed by atoms with Crippen LogP contribution in [0.3, 0.4) is 0 Å². The Labute approximate surface area is 135 Å². The van der Waals surface area contributed by atoms with E-state index in [2.05, 4.69) is 10.6 Å². The van der Waals surface area contributed by atoms with Crippen LogP contribution in [0.25, 0.3) is 0 Å². The van der Waals surface area contributed by atoms with Crippen molar-refractivity contribution >= 4 is 23.4 Å². The first-order valence-electron chi connectivity index (χ1n) is 7.27. The molecule has 1 aromatic heterocycles. The molecule has 0 aliphatic rings. The van der Waals surface area contributed by atoms with Gasteiger partial charge in [0.1, 0.15) is 11.3 Å². The number of nitrogens with one attached hydrogen (secondary N) is 2. The third kappa shape index (κ3) is 4.88. The quantitative estimate of drug-likeness (QED) is 0.908. The zero-order valence-corrected chi connectivity index (χ0v) is 13.7. The van der Waals surface area contributed by atoms with Crippen LogP contribution in [0.15, 0.2) is 42.6 Å². The van der Waals surface area contributed by atoms with Crippen molar-refractivity contribution in [2.75, 3.05) is 10.6 Å². The van der Waals surface area contributed by atoms with Crippen LogP contribution in [0.5, 0.6) is 0 Å². The Morgan fingerprint density at radius 1 is 1.00 bits per heavy atom. The average Bonchev–Trinajstić information content (AvgIpc) is 2.85. The fourth-order valence-electron chi connectivity index (χ4n) is 1.95. The molecule has 0 spiro atoms. The minimum absolute atomic E-state index is 0.189. The molecule has 2 aromatic rings. The van der Waals surface area contributed by atoms with E-state index < -0.39 is 11.7 Å². The first-order chi connectivity index (χ1) is 10.7. The predicted molar refractivity (Wildman–Crippen MR) is 89.7 cm³/mol. The van der Waals surface area contributed by atoms with Gasteiger partial charge in [0.2, 0.25) is 0 Å². The molecule has 23 heavy (non-hydrogen) atoms. The number of amides is 2. The van der Waals surface area contributed by atoms with Crippen molar-refractivity contribution in [1.29, 1.82) is 0 Å². The van der Waals surface area contributed by atoms with Gasteiger partial charge in [-0.1, -0.05) is 0 Å². The highest BCUT2D eigenvalue weighted by Gasteiger charge is 2.16. The van der Waals surface area contributed by atoms with Gasteiger partial charge < -0.3 is 14.6 Å². The lowest BCUT2D eigenvalue weighted by Gasteiger charge is -2.19. The predicted octanol–water partition coefficient (Wildman–Crippen LogP) is 3.62. The summed E-state index contributed by atoms with van der Waals surface area (Å²) >= 11 is 0. The molecule has 6 heteroatoms. The van der Waals surface area contributed by atoms with Gasteiger partial charge in [-0.25, -0.2) is 4.79 Å². The molecule has 6 nitrogen and oxygen atoms in total. The molecule has 0 atom stereocenters. The summed E-state index contributed by atoms with van der Waals surface area (Å²) in [4.78, 5) is 23.8. The van der Waals surface area contributed by atoms with Gasteiger partial charge in [0.25, 0.3) is 5.91 Å². The van der Waals surface area contributed by atoms with Gasteiger partial charge in [0.05, 0.1) is 0 Å². The molecule has 2 rings (SSSR count). The highest BCUT2D eigenvalue weighted by Crippen LogP contribution is 2.16. The largest absolute Gasteiger partial charge is 0.444 e. The summed E-state index contributed by atoms with van der Waals surface area (Å²) in [7, 11) is 1.81. The van der Waals surface area contributed by atoms with E-state index in [0.717, 1.165) is 0 Å². The Hall–Kier alpha value is -2.76. The van der Waals surface area contributed by atoms with E-state index in [1.54, 1.807) is 55.7 Å². The van der Waals surface area contributed by atoms with Crippen molar-refractivity contribution in [1.82, 2.24) is 4.57 Å². The first-order valence-corrected chi connectivity index (χ1v) is 7.27. The summed E-state index contributed by atoms with van der Waals surface area (Å²) in [5.74, 6) is -0.189. The Balaban J connectivity index is 1.96. The fraction of sp³-hybridized carbons (Fsp3) is 0.294. The van der Waals surface area contributed by atoms with Crippen molar-refractivity contribution in [3.05, 3.63) is 48.3 Å². The zero-order chi connectivity index (χ0) is 17.0. The minimum atomic E-state index is -0.549. The number of rotatable bonds is 3. The van der Waals surface area contributed by atoms with Gasteiger partial charge in [-0.3, -0.25) is 10.1 Å². The minimum Gasteiger partial charge on any atom is -0.444 e. The molecule has 1 heterocycles. The Kier molecular flexibility index (Phi) is 4.74. The highest BCUT2D eigenvalue weighted by molar-refractivity contribution is 6.03. The van der Waals surface area contributed by atoms with Gasteiger partial charge in [0.15, 0.2) is 0 Å². The van der Waals surface area contributed by atoms with E-state index in [4.69, 9.17) is 4.74 Å². The lowest BCUT2D eigenvalue weighted by atomic mass is 10.2. The Morgan fingerprint density at radius 3 is 2.04 bits per heavy atom. The normalized spacial score (nSPS) is 11.0. The van der Waals surface area contributed by atoms with Crippen LogP contribution in [0, 0.1) is 0 Å². The molecule has 0 bridgehead atoms. The third-order valence-corrected chi connectivity index (χ3v) is 2.96. The van der Waals surface area contributed by atoms with Crippen molar-refractivity contribution in [3.63, 3.8) is 0 Å². The second-order valence-corrected chi connectivity index (χ2v) is 6.16. The number of hydrogen-bond donors (Lipinski definition) is 2. The van der Waals surface area contributed by atoms with Crippen LogP contribution < -0.4 is 10.6 Å². The van der Waals surface area contributed by atoms with Gasteiger partial charge >= 0.3 is 6.09 Å². The summed E-state index contributed by atoms with van der Waals surface area (Å²) in [6.45, 7) is 5.40. The summed E-state index contributed by atoms with van der Waals surface area (Å²) in [6.07, 6.45) is 1.29. The fourth-order valence-corrected chi connectivity index (χ4v) is 1.95. The summed E-state index contributed by atoms with van der Waals surface area (Å²) in [5.41, 5.74) is 1.26. The summed E-state index contributed by atoms with van der Waals surface area (Å²) < 4.78 is 6.92. The molecule has 122 valence electrons. The maximum Gasteiger partial charge on any atom is 0.412 e. The van der Waals surface area contributed by atoms with E-state index in [9.17, 15) is 9.59 Å². The molecule has 1 aromatic carbocycles. The number of ether oxygens (including phenoxy) is 1. The molecule has 0 unspecified atom stereocenters.